The highest BCUT2D eigenvalue weighted by atomic mass is 19.4. The van der Waals surface area contributed by atoms with E-state index in [2.05, 4.69) is 23.0 Å². The van der Waals surface area contributed by atoms with E-state index in [-0.39, 0.29) is 17.2 Å². The van der Waals surface area contributed by atoms with Gasteiger partial charge in [-0.25, -0.2) is 9.38 Å². The molecule has 0 amide bonds. The third-order valence-corrected chi connectivity index (χ3v) is 5.60. The molecule has 0 atom stereocenters. The first-order valence-corrected chi connectivity index (χ1v) is 11.6. The van der Waals surface area contributed by atoms with Gasteiger partial charge in [-0.05, 0) is 81.0 Å². The Morgan fingerprint density at radius 2 is 1.74 bits per heavy atom. The topological polar surface area (TPSA) is 76.4 Å². The Morgan fingerprint density at radius 1 is 1.03 bits per heavy atom. The second-order valence-electron chi connectivity index (χ2n) is 8.06. The summed E-state index contributed by atoms with van der Waals surface area (Å²) in [5.74, 6) is -0.462. The van der Waals surface area contributed by atoms with Crippen LogP contribution in [-0.2, 0) is 12.6 Å². The molecule has 0 saturated heterocycles. The second-order valence-corrected chi connectivity index (χ2v) is 8.06. The number of hydrogen-bond acceptors (Lipinski definition) is 3. The quantitative estimate of drug-likeness (QED) is 0.245. The van der Waals surface area contributed by atoms with Gasteiger partial charge in [0.1, 0.15) is 11.7 Å². The first kappa shape index (κ1) is 27.4. The lowest BCUT2D eigenvalue weighted by Gasteiger charge is -2.16. The van der Waals surface area contributed by atoms with Crippen LogP contribution in [0.15, 0.2) is 58.7 Å². The standard InChI is InChI=1S/C25H29F4N3.CH5N/c1-2-14-31-22-13-12-19(26)16-18(22)15-17-8-4-3-5-11-23(17)32-24(30)20-9-6-7-10-21(20)25(27,28)29;1-2/h6-7,9-10,12-13,16,31H,2-5,8,11,14-15H2,1H3,(H2,30,32);2H2,1H3. The monoisotopic (exact) mass is 478 g/mol. The van der Waals surface area contributed by atoms with Gasteiger partial charge in [0.05, 0.1) is 5.56 Å². The Morgan fingerprint density at radius 3 is 2.44 bits per heavy atom. The maximum Gasteiger partial charge on any atom is 0.417 e. The molecule has 4 nitrogen and oxygen atoms in total. The molecule has 2 aromatic carbocycles. The van der Waals surface area contributed by atoms with Crippen LogP contribution in [0.3, 0.4) is 0 Å². The van der Waals surface area contributed by atoms with Crippen LogP contribution in [0.5, 0.6) is 0 Å². The van der Waals surface area contributed by atoms with Gasteiger partial charge in [-0.15, -0.1) is 0 Å². The SMILES string of the molecule is CCCNc1ccc(F)cc1CC1=C(N=C(N)c2ccccc2C(F)(F)F)CCCCC1.CN. The van der Waals surface area contributed by atoms with Crippen molar-refractivity contribution in [2.45, 2.75) is 58.0 Å². The van der Waals surface area contributed by atoms with E-state index in [9.17, 15) is 17.6 Å². The maximum atomic E-state index is 14.0. The van der Waals surface area contributed by atoms with Crippen molar-refractivity contribution < 1.29 is 17.6 Å². The van der Waals surface area contributed by atoms with Crippen molar-refractivity contribution in [2.24, 2.45) is 16.5 Å². The minimum Gasteiger partial charge on any atom is -0.385 e. The van der Waals surface area contributed by atoms with Crippen molar-refractivity contribution in [3.05, 3.63) is 76.2 Å². The zero-order chi connectivity index (χ0) is 25.1. The zero-order valence-corrected chi connectivity index (χ0v) is 19.8. The number of halogens is 4. The lowest BCUT2D eigenvalue weighted by atomic mass is 9.98. The molecule has 0 aromatic heterocycles. The van der Waals surface area contributed by atoms with E-state index in [1.54, 1.807) is 6.07 Å². The van der Waals surface area contributed by atoms with Crippen LogP contribution < -0.4 is 16.8 Å². The summed E-state index contributed by atoms with van der Waals surface area (Å²) in [6.07, 6.45) is 1.15. The van der Waals surface area contributed by atoms with Gasteiger partial charge in [0.15, 0.2) is 0 Å². The highest BCUT2D eigenvalue weighted by Gasteiger charge is 2.34. The molecule has 0 spiro atoms. The van der Waals surface area contributed by atoms with E-state index < -0.39 is 11.7 Å². The minimum absolute atomic E-state index is 0.118. The summed E-state index contributed by atoms with van der Waals surface area (Å²) in [7, 11) is 1.50. The Balaban J connectivity index is 0.00000199. The number of nitrogens with one attached hydrogen (secondary N) is 1. The summed E-state index contributed by atoms with van der Waals surface area (Å²) < 4.78 is 54.3. The number of nitrogens with zero attached hydrogens (tertiary/aromatic N) is 1. The number of aliphatic imine (C=N–C) groups is 1. The number of hydrogen-bond donors (Lipinski definition) is 3. The summed E-state index contributed by atoms with van der Waals surface area (Å²) in [6.45, 7) is 2.82. The summed E-state index contributed by atoms with van der Waals surface area (Å²) in [5, 5.41) is 3.33. The lowest BCUT2D eigenvalue weighted by Crippen LogP contribution is -2.20. The third kappa shape index (κ3) is 7.58. The fourth-order valence-corrected chi connectivity index (χ4v) is 3.98. The summed E-state index contributed by atoms with van der Waals surface area (Å²) in [5.41, 5.74) is 13.1. The molecular formula is C26H34F4N4. The van der Waals surface area contributed by atoms with Gasteiger partial charge in [0.2, 0.25) is 0 Å². The molecule has 0 saturated carbocycles. The largest absolute Gasteiger partial charge is 0.417 e. The molecule has 0 unspecified atom stereocenters. The number of nitrogens with two attached hydrogens (primary N) is 2. The number of rotatable bonds is 7. The zero-order valence-electron chi connectivity index (χ0n) is 19.8. The Hall–Kier alpha value is -2.87. The van der Waals surface area contributed by atoms with Gasteiger partial charge in [0.25, 0.3) is 0 Å². The fourth-order valence-electron chi connectivity index (χ4n) is 3.98. The number of anilines is 1. The number of benzene rings is 2. The van der Waals surface area contributed by atoms with E-state index in [0.717, 1.165) is 61.5 Å². The molecule has 3 rings (SSSR count). The van der Waals surface area contributed by atoms with Crippen LogP contribution in [-0.4, -0.2) is 19.4 Å². The molecule has 8 heteroatoms. The number of amidine groups is 1. The molecule has 1 aliphatic rings. The first-order chi connectivity index (χ1) is 16.3. The average Bonchev–Trinajstić information content (AvgIpc) is 3.04. The Kier molecular flexibility index (Phi) is 10.6. The summed E-state index contributed by atoms with van der Waals surface area (Å²) in [4.78, 5) is 4.49. The molecule has 0 bridgehead atoms. The summed E-state index contributed by atoms with van der Waals surface area (Å²) >= 11 is 0. The van der Waals surface area contributed by atoms with E-state index in [1.807, 2.05) is 0 Å². The van der Waals surface area contributed by atoms with Crippen molar-refractivity contribution in [3.8, 4) is 0 Å². The van der Waals surface area contributed by atoms with Crippen molar-refractivity contribution >= 4 is 11.5 Å². The Bertz CT molecular complexity index is 997. The second kappa shape index (κ2) is 13.1. The van der Waals surface area contributed by atoms with E-state index in [1.165, 1.54) is 37.4 Å². The van der Waals surface area contributed by atoms with Gasteiger partial charge < -0.3 is 16.8 Å². The molecule has 0 fully saturated rings. The highest BCUT2D eigenvalue weighted by Crippen LogP contribution is 2.33. The Labute approximate surface area is 199 Å². The average molecular weight is 479 g/mol. The summed E-state index contributed by atoms with van der Waals surface area (Å²) in [6, 6.07) is 9.89. The molecule has 0 heterocycles. The van der Waals surface area contributed by atoms with Crippen molar-refractivity contribution in [1.82, 2.24) is 0 Å². The molecule has 1 aliphatic carbocycles. The fraction of sp³-hybridized carbons (Fsp3) is 0.423. The van der Waals surface area contributed by atoms with Crippen LogP contribution in [0, 0.1) is 5.82 Å². The van der Waals surface area contributed by atoms with Gasteiger partial charge >= 0.3 is 6.18 Å². The predicted octanol–water partition coefficient (Wildman–Crippen LogP) is 6.41. The van der Waals surface area contributed by atoms with Gasteiger partial charge in [-0.1, -0.05) is 31.5 Å². The molecule has 34 heavy (non-hydrogen) atoms. The van der Waals surface area contributed by atoms with Crippen molar-refractivity contribution in [2.75, 3.05) is 18.9 Å². The molecule has 186 valence electrons. The minimum atomic E-state index is -4.52. The number of alkyl halides is 3. The van der Waals surface area contributed by atoms with Gasteiger partial charge in [0, 0.05) is 23.5 Å². The van der Waals surface area contributed by atoms with E-state index in [0.29, 0.717) is 18.5 Å². The lowest BCUT2D eigenvalue weighted by molar-refractivity contribution is -0.137. The normalized spacial score (nSPS) is 14.9. The van der Waals surface area contributed by atoms with Crippen LogP contribution in [0.25, 0.3) is 0 Å². The van der Waals surface area contributed by atoms with Gasteiger partial charge in [-0.3, -0.25) is 0 Å². The first-order valence-electron chi connectivity index (χ1n) is 11.6. The van der Waals surface area contributed by atoms with Crippen LogP contribution in [0.2, 0.25) is 0 Å². The van der Waals surface area contributed by atoms with Crippen LogP contribution in [0.4, 0.5) is 23.2 Å². The highest BCUT2D eigenvalue weighted by molar-refractivity contribution is 5.99. The molecule has 5 N–H and O–H groups in total. The molecule has 0 radical (unpaired) electrons. The molecular weight excluding hydrogens is 444 g/mol. The van der Waals surface area contributed by atoms with Crippen molar-refractivity contribution in [3.63, 3.8) is 0 Å². The predicted molar refractivity (Wildman–Crippen MR) is 131 cm³/mol. The molecule has 0 aliphatic heterocycles. The molecule has 2 aromatic rings. The third-order valence-electron chi connectivity index (χ3n) is 5.60. The smallest absolute Gasteiger partial charge is 0.385 e. The maximum absolute atomic E-state index is 14.0. The van der Waals surface area contributed by atoms with E-state index in [4.69, 9.17) is 5.73 Å². The van der Waals surface area contributed by atoms with E-state index >= 15 is 0 Å². The van der Waals surface area contributed by atoms with Crippen LogP contribution in [0.1, 0.15) is 62.1 Å². The van der Waals surface area contributed by atoms with Crippen molar-refractivity contribution in [1.29, 1.82) is 0 Å². The van der Waals surface area contributed by atoms with Crippen LogP contribution >= 0.6 is 0 Å². The van der Waals surface area contributed by atoms with Gasteiger partial charge in [-0.2, -0.15) is 13.2 Å². The number of allylic oxidation sites excluding steroid dienone is 2.